The lowest BCUT2D eigenvalue weighted by Crippen LogP contribution is -2.13. The number of ether oxygens (including phenoxy) is 1. The van der Waals surface area contributed by atoms with Crippen molar-refractivity contribution in [1.29, 1.82) is 5.26 Å². The van der Waals surface area contributed by atoms with Crippen LogP contribution in [0.4, 0.5) is 5.69 Å². The normalized spacial score (nSPS) is 10.7. The summed E-state index contributed by atoms with van der Waals surface area (Å²) in [5.74, 6) is -0.312. The zero-order valence-corrected chi connectivity index (χ0v) is 13.0. The second-order valence-corrected chi connectivity index (χ2v) is 5.00. The van der Waals surface area contributed by atoms with Crippen molar-refractivity contribution in [2.45, 2.75) is 0 Å². The summed E-state index contributed by atoms with van der Waals surface area (Å²) >= 11 is 5.77. The number of amides is 1. The minimum absolute atomic E-state index is 0.0725. The van der Waals surface area contributed by atoms with Crippen molar-refractivity contribution >= 4 is 29.3 Å². The molecule has 23 heavy (non-hydrogen) atoms. The van der Waals surface area contributed by atoms with Gasteiger partial charge in [0.25, 0.3) is 5.91 Å². The highest BCUT2D eigenvalue weighted by molar-refractivity contribution is 6.30. The molecule has 0 aliphatic heterocycles. The summed E-state index contributed by atoms with van der Waals surface area (Å²) < 4.78 is 4.94. The van der Waals surface area contributed by atoms with Crippen molar-refractivity contribution in [3.8, 4) is 17.6 Å². The van der Waals surface area contributed by atoms with Crippen molar-refractivity contribution < 1.29 is 14.6 Å². The molecule has 0 aliphatic rings. The summed E-state index contributed by atoms with van der Waals surface area (Å²) in [6.45, 7) is 0. The van der Waals surface area contributed by atoms with Gasteiger partial charge in [-0.3, -0.25) is 4.79 Å². The van der Waals surface area contributed by atoms with E-state index in [1.807, 2.05) is 6.07 Å². The quantitative estimate of drug-likeness (QED) is 0.663. The number of carbonyl (C=O) groups excluding carboxylic acids is 1. The summed E-state index contributed by atoms with van der Waals surface area (Å²) in [7, 11) is 1.44. The number of nitrogens with zero attached hydrogens (tertiary/aromatic N) is 1. The number of rotatable bonds is 4. The highest BCUT2D eigenvalue weighted by Gasteiger charge is 2.10. The van der Waals surface area contributed by atoms with Crippen LogP contribution in [0.15, 0.2) is 48.0 Å². The fraction of sp³-hybridized carbons (Fsp3) is 0.0588. The molecule has 0 bridgehead atoms. The standard InChI is InChI=1S/C17H13ClN2O3/c1-23-16-7-2-11(9-15(16)21)8-12(10-19)17(22)20-14-5-3-13(18)4-6-14/h2-9,21H,1H3,(H,20,22)/b12-8+. The zero-order valence-electron chi connectivity index (χ0n) is 12.2. The Labute approximate surface area is 138 Å². The van der Waals surface area contributed by atoms with E-state index in [9.17, 15) is 9.90 Å². The highest BCUT2D eigenvalue weighted by atomic mass is 35.5. The van der Waals surface area contributed by atoms with E-state index < -0.39 is 5.91 Å². The highest BCUT2D eigenvalue weighted by Crippen LogP contribution is 2.27. The summed E-state index contributed by atoms with van der Waals surface area (Å²) in [5.41, 5.74) is 0.939. The largest absolute Gasteiger partial charge is 0.504 e. The van der Waals surface area contributed by atoms with E-state index in [0.29, 0.717) is 22.0 Å². The van der Waals surface area contributed by atoms with Crippen LogP contribution in [0.5, 0.6) is 11.5 Å². The number of phenols is 1. The fourth-order valence-corrected chi connectivity index (χ4v) is 1.97. The van der Waals surface area contributed by atoms with Gasteiger partial charge in [-0.05, 0) is 48.0 Å². The molecule has 6 heteroatoms. The number of halogens is 1. The SMILES string of the molecule is COc1ccc(/C=C(\C#N)C(=O)Nc2ccc(Cl)cc2)cc1O. The molecule has 2 aromatic carbocycles. The van der Waals surface area contributed by atoms with Crippen LogP contribution in [0.3, 0.4) is 0 Å². The van der Waals surface area contributed by atoms with Crippen LogP contribution in [0, 0.1) is 11.3 Å². The van der Waals surface area contributed by atoms with Crippen molar-refractivity contribution in [3.05, 3.63) is 58.6 Å². The molecule has 1 amide bonds. The van der Waals surface area contributed by atoms with Gasteiger partial charge in [-0.2, -0.15) is 5.26 Å². The third-order valence-electron chi connectivity index (χ3n) is 2.98. The lowest BCUT2D eigenvalue weighted by molar-refractivity contribution is -0.112. The van der Waals surface area contributed by atoms with E-state index in [1.165, 1.54) is 19.3 Å². The Kier molecular flexibility index (Phi) is 5.23. The molecular formula is C17H13ClN2O3. The van der Waals surface area contributed by atoms with Gasteiger partial charge in [-0.1, -0.05) is 17.7 Å². The Balaban J connectivity index is 2.21. The van der Waals surface area contributed by atoms with Crippen LogP contribution in [0.25, 0.3) is 6.08 Å². The predicted octanol–water partition coefficient (Wildman–Crippen LogP) is 3.60. The van der Waals surface area contributed by atoms with Crippen LogP contribution in [-0.4, -0.2) is 18.1 Å². The van der Waals surface area contributed by atoms with Gasteiger partial charge in [0.05, 0.1) is 7.11 Å². The minimum Gasteiger partial charge on any atom is -0.504 e. The Morgan fingerprint density at radius 3 is 2.57 bits per heavy atom. The van der Waals surface area contributed by atoms with Gasteiger partial charge in [0.15, 0.2) is 11.5 Å². The maximum absolute atomic E-state index is 12.1. The first-order valence-electron chi connectivity index (χ1n) is 6.59. The van der Waals surface area contributed by atoms with E-state index >= 15 is 0 Å². The molecule has 5 nitrogen and oxygen atoms in total. The number of nitriles is 1. The maximum atomic E-state index is 12.1. The third-order valence-corrected chi connectivity index (χ3v) is 3.23. The number of benzene rings is 2. The van der Waals surface area contributed by atoms with Gasteiger partial charge in [-0.25, -0.2) is 0 Å². The van der Waals surface area contributed by atoms with Gasteiger partial charge >= 0.3 is 0 Å². The molecule has 116 valence electrons. The predicted molar refractivity (Wildman–Crippen MR) is 88.3 cm³/mol. The fourth-order valence-electron chi connectivity index (χ4n) is 1.84. The van der Waals surface area contributed by atoms with E-state index in [-0.39, 0.29) is 11.3 Å². The van der Waals surface area contributed by atoms with E-state index in [1.54, 1.807) is 36.4 Å². The minimum atomic E-state index is -0.551. The summed E-state index contributed by atoms with van der Waals surface area (Å²) in [5, 5.41) is 22.0. The average Bonchev–Trinajstić information content (AvgIpc) is 2.54. The van der Waals surface area contributed by atoms with Gasteiger partial charge in [0, 0.05) is 10.7 Å². The Morgan fingerprint density at radius 2 is 2.00 bits per heavy atom. The number of nitrogens with one attached hydrogen (secondary N) is 1. The van der Waals surface area contributed by atoms with Crippen LogP contribution in [0.1, 0.15) is 5.56 Å². The molecule has 0 radical (unpaired) electrons. The van der Waals surface area contributed by atoms with Crippen molar-refractivity contribution in [2.75, 3.05) is 12.4 Å². The molecule has 2 N–H and O–H groups in total. The number of aromatic hydroxyl groups is 1. The maximum Gasteiger partial charge on any atom is 0.266 e. The molecule has 0 saturated heterocycles. The number of anilines is 1. The first kappa shape index (κ1) is 16.4. The summed E-state index contributed by atoms with van der Waals surface area (Å²) in [6.07, 6.45) is 1.38. The lowest BCUT2D eigenvalue weighted by atomic mass is 10.1. The second-order valence-electron chi connectivity index (χ2n) is 4.56. The number of hydrogen-bond acceptors (Lipinski definition) is 4. The van der Waals surface area contributed by atoms with Crippen LogP contribution in [0.2, 0.25) is 5.02 Å². The molecule has 0 aromatic heterocycles. The molecule has 2 aromatic rings. The lowest BCUT2D eigenvalue weighted by Gasteiger charge is -2.06. The second kappa shape index (κ2) is 7.34. The molecule has 2 rings (SSSR count). The molecule has 0 atom stereocenters. The number of phenolic OH excluding ortho intramolecular Hbond substituents is 1. The molecule has 0 unspecified atom stereocenters. The number of hydrogen-bond donors (Lipinski definition) is 2. The summed E-state index contributed by atoms with van der Waals surface area (Å²) in [6, 6.07) is 13.0. The van der Waals surface area contributed by atoms with E-state index in [0.717, 1.165) is 0 Å². The van der Waals surface area contributed by atoms with Crippen molar-refractivity contribution in [3.63, 3.8) is 0 Å². The van der Waals surface area contributed by atoms with Crippen molar-refractivity contribution in [1.82, 2.24) is 0 Å². The van der Waals surface area contributed by atoms with Crippen LogP contribution < -0.4 is 10.1 Å². The molecule has 0 aliphatic carbocycles. The molecule has 0 heterocycles. The van der Waals surface area contributed by atoms with Crippen LogP contribution >= 0.6 is 11.6 Å². The van der Waals surface area contributed by atoms with Gasteiger partial charge < -0.3 is 15.2 Å². The van der Waals surface area contributed by atoms with E-state index in [2.05, 4.69) is 5.32 Å². The van der Waals surface area contributed by atoms with Crippen LogP contribution in [-0.2, 0) is 4.79 Å². The summed E-state index contributed by atoms with van der Waals surface area (Å²) in [4.78, 5) is 12.1. The molecule has 0 fully saturated rings. The topological polar surface area (TPSA) is 82.3 Å². The van der Waals surface area contributed by atoms with Gasteiger partial charge in [-0.15, -0.1) is 0 Å². The van der Waals surface area contributed by atoms with Gasteiger partial charge in [0.1, 0.15) is 11.6 Å². The zero-order chi connectivity index (χ0) is 16.8. The Hall–Kier alpha value is -2.97. The third kappa shape index (κ3) is 4.25. The monoisotopic (exact) mass is 328 g/mol. The number of methoxy groups -OCH3 is 1. The smallest absolute Gasteiger partial charge is 0.266 e. The molecule has 0 spiro atoms. The first-order valence-corrected chi connectivity index (χ1v) is 6.97. The first-order chi connectivity index (χ1) is 11.0. The molecule has 0 saturated carbocycles. The van der Waals surface area contributed by atoms with Gasteiger partial charge in [0.2, 0.25) is 0 Å². The Morgan fingerprint density at radius 1 is 1.30 bits per heavy atom. The average molecular weight is 329 g/mol. The van der Waals surface area contributed by atoms with E-state index in [4.69, 9.17) is 21.6 Å². The Bertz CT molecular complexity index is 792. The van der Waals surface area contributed by atoms with Crippen molar-refractivity contribution in [2.24, 2.45) is 0 Å². The number of carbonyl (C=O) groups is 1. The molecular weight excluding hydrogens is 316 g/mol.